The number of amides is 6. The van der Waals surface area contributed by atoms with Gasteiger partial charge in [0.15, 0.2) is 24.4 Å². The molecule has 30 N–H and O–H groups in total. The minimum absolute atomic E-state index is 0.555. The second kappa shape index (κ2) is 44.8. The highest BCUT2D eigenvalue weighted by Gasteiger charge is 2.40. The van der Waals surface area contributed by atoms with Gasteiger partial charge < -0.3 is 163 Å². The Kier molecular flexibility index (Phi) is 41.9. The molecule has 6 amide bonds. The van der Waals surface area contributed by atoms with Gasteiger partial charge in [-0.25, -0.2) is 0 Å². The molecule has 0 saturated carbocycles. The summed E-state index contributed by atoms with van der Waals surface area (Å²) in [5.41, 5.74) is 0. The van der Waals surface area contributed by atoms with Crippen molar-refractivity contribution in [3.8, 4) is 0 Å². The van der Waals surface area contributed by atoms with Gasteiger partial charge in [-0.2, -0.15) is 0 Å². The summed E-state index contributed by atoms with van der Waals surface area (Å²) < 4.78 is 12.5. The second-order valence-corrected chi connectivity index (χ2v) is 23.0. The van der Waals surface area contributed by atoms with E-state index in [0.29, 0.717) is 19.6 Å². The Hall–Kier alpha value is -6.07. The van der Waals surface area contributed by atoms with E-state index in [1.165, 1.54) is 0 Å². The molecule has 0 rings (SSSR count). The highest BCUT2D eigenvalue weighted by molar-refractivity contribution is 7.51. The van der Waals surface area contributed by atoms with Crippen molar-refractivity contribution in [1.29, 1.82) is 0 Å². The number of carboxylic acid groups (broad SMARTS) is 4. The van der Waals surface area contributed by atoms with Crippen LogP contribution in [0, 0.1) is 0 Å². The molecule has 558 valence electrons. The molecule has 0 aliphatic carbocycles. The molecule has 0 fully saturated rings. The number of aliphatic hydroxyl groups is 20. The Balaban J connectivity index is 7.15. The Morgan fingerprint density at radius 2 is 0.573 bits per heavy atom. The first kappa shape index (κ1) is 89.9. The highest BCUT2D eigenvalue weighted by Crippen LogP contribution is 2.35. The van der Waals surface area contributed by atoms with E-state index in [0.717, 1.165) is 4.90 Å². The van der Waals surface area contributed by atoms with Crippen molar-refractivity contribution in [2.75, 3.05) is 124 Å². The van der Waals surface area contributed by atoms with Crippen molar-refractivity contribution >= 4 is 66.9 Å². The zero-order valence-electron chi connectivity index (χ0n) is 51.0. The molecule has 46 nitrogen and oxygen atoms in total. The van der Waals surface area contributed by atoms with Gasteiger partial charge in [-0.3, -0.25) is 67.2 Å². The maximum Gasteiger partial charge on any atom is 0.339 e. The Labute approximate surface area is 543 Å². The van der Waals surface area contributed by atoms with Gasteiger partial charge in [0.2, 0.25) is 11.8 Å². The molecular formula is C49H90N9O37P. The number of rotatable bonds is 52. The summed E-state index contributed by atoms with van der Waals surface area (Å²) in [6.45, 7) is -16.7. The second-order valence-electron chi connectivity index (χ2n) is 21.4. The molecule has 18 atom stereocenters. The molecule has 0 saturated heterocycles. The Morgan fingerprint density at radius 1 is 0.344 bits per heavy atom. The zero-order chi connectivity index (χ0) is 74.2. The van der Waals surface area contributed by atoms with E-state index in [1.54, 1.807) is 0 Å². The number of nitrogens with one attached hydrogen (secondary N) is 4. The molecule has 0 bridgehead atoms. The number of aliphatic hydroxyl groups excluding tert-OH is 20. The molecular weight excluding hydrogens is 1340 g/mol. The van der Waals surface area contributed by atoms with Gasteiger partial charge in [0, 0.05) is 78.5 Å². The summed E-state index contributed by atoms with van der Waals surface area (Å²) in [7, 11) is -5.29. The highest BCUT2D eigenvalue weighted by atomic mass is 31.2. The van der Waals surface area contributed by atoms with Crippen molar-refractivity contribution in [2.24, 2.45) is 0 Å². The molecule has 0 aliphatic heterocycles. The lowest BCUT2D eigenvalue weighted by Crippen LogP contribution is -2.54. The van der Waals surface area contributed by atoms with E-state index in [9.17, 15) is 164 Å². The monoisotopic (exact) mass is 1430 g/mol. The molecule has 96 heavy (non-hydrogen) atoms. The lowest BCUT2D eigenvalue weighted by Gasteiger charge is -2.34. The van der Waals surface area contributed by atoms with Crippen molar-refractivity contribution in [1.82, 2.24) is 45.8 Å². The molecule has 0 spiro atoms. The van der Waals surface area contributed by atoms with Crippen LogP contribution >= 0.6 is 7.60 Å². The number of hydrogen-bond acceptors (Lipinski definition) is 34. The van der Waals surface area contributed by atoms with Crippen LogP contribution in [0.2, 0.25) is 0 Å². The first-order valence-electron chi connectivity index (χ1n) is 28.7. The van der Waals surface area contributed by atoms with E-state index in [2.05, 4.69) is 0 Å². The van der Waals surface area contributed by atoms with Crippen LogP contribution in [0.4, 0.5) is 0 Å². The maximum atomic E-state index is 14.0. The average Bonchev–Trinajstić information content (AvgIpc) is 1.95. The Morgan fingerprint density at radius 3 is 0.760 bits per heavy atom. The molecule has 47 heteroatoms. The van der Waals surface area contributed by atoms with Crippen molar-refractivity contribution in [2.45, 2.75) is 123 Å². The van der Waals surface area contributed by atoms with Crippen LogP contribution in [-0.4, -0.2) is 450 Å². The van der Waals surface area contributed by atoms with Crippen molar-refractivity contribution < 1.29 is 185 Å². The summed E-state index contributed by atoms with van der Waals surface area (Å²) in [4.78, 5) is 152. The summed E-state index contributed by atoms with van der Waals surface area (Å²) >= 11 is 0. The number of carboxylic acids is 4. The minimum atomic E-state index is -5.29. The lowest BCUT2D eigenvalue weighted by atomic mass is 10.0. The van der Waals surface area contributed by atoms with Crippen molar-refractivity contribution in [3.63, 3.8) is 0 Å². The molecule has 16 unspecified atom stereocenters. The van der Waals surface area contributed by atoms with E-state index in [-0.39, 0.29) is 0 Å². The quantitative estimate of drug-likeness (QED) is 0.0252. The van der Waals surface area contributed by atoms with E-state index >= 15 is 0 Å². The average molecular weight is 1430 g/mol. The number of carbonyl (C=O) groups excluding carboxylic acids is 6. The van der Waals surface area contributed by atoms with Gasteiger partial charge in [-0.15, -0.1) is 0 Å². The molecule has 0 heterocycles. The molecule has 0 aromatic heterocycles. The van der Waals surface area contributed by atoms with Gasteiger partial charge >= 0.3 is 31.5 Å². The number of nitrogens with zero attached hydrogens (tertiary/aromatic N) is 5. The van der Waals surface area contributed by atoms with Crippen molar-refractivity contribution in [3.05, 3.63) is 0 Å². The summed E-state index contributed by atoms with van der Waals surface area (Å²) in [5, 5.41) is 245. The predicted molar refractivity (Wildman–Crippen MR) is 309 cm³/mol. The maximum absolute atomic E-state index is 14.0. The van der Waals surface area contributed by atoms with Crippen LogP contribution < -0.4 is 21.3 Å². The first-order chi connectivity index (χ1) is 44.5. The minimum Gasteiger partial charge on any atom is -0.480 e. The van der Waals surface area contributed by atoms with Crippen LogP contribution in [0.5, 0.6) is 0 Å². The largest absolute Gasteiger partial charge is 0.480 e. The van der Waals surface area contributed by atoms with E-state index < -0.39 is 314 Å². The summed E-state index contributed by atoms with van der Waals surface area (Å²) in [6.07, 6.45) is -41.2. The summed E-state index contributed by atoms with van der Waals surface area (Å²) in [5.74, 6) is -16.1. The third kappa shape index (κ3) is 31.6. The molecule has 0 aliphatic rings. The van der Waals surface area contributed by atoms with Crippen LogP contribution in [0.3, 0.4) is 0 Å². The van der Waals surface area contributed by atoms with Crippen LogP contribution in [0.1, 0.15) is 12.8 Å². The predicted octanol–water partition coefficient (Wildman–Crippen LogP) is -19.3. The fraction of sp³-hybridized carbons (Fsp3) is 0.796. The van der Waals surface area contributed by atoms with Crippen LogP contribution in [0.25, 0.3) is 0 Å². The van der Waals surface area contributed by atoms with E-state index in [1.807, 2.05) is 21.3 Å². The molecule has 0 radical (unpaired) electrons. The van der Waals surface area contributed by atoms with Gasteiger partial charge in [0.1, 0.15) is 91.6 Å². The smallest absolute Gasteiger partial charge is 0.339 e. The fourth-order valence-electron chi connectivity index (χ4n) is 8.53. The van der Waals surface area contributed by atoms with Gasteiger partial charge in [0.05, 0.1) is 52.4 Å². The Bertz CT molecular complexity index is 2250. The lowest BCUT2D eigenvalue weighted by molar-refractivity contribution is -0.151. The summed E-state index contributed by atoms with van der Waals surface area (Å²) in [6, 6.07) is -4.52. The topological polar surface area (TPSA) is 778 Å². The third-order valence-corrected chi connectivity index (χ3v) is 14.9. The first-order valence-corrected chi connectivity index (χ1v) is 30.5. The van der Waals surface area contributed by atoms with Gasteiger partial charge in [-0.05, 0) is 0 Å². The standard InChI is InChI=1S/C49H90N9O37P/c59-17-24(63)32(73)36(77)40(81)44(85)50-1-5-55(6-2-51-45(86)41(82)37(78)33(74)25(64)18-60)28(67)13-22(48(89)90)57(15-30(69)70)11-9-54(21-96(93,94)95)10-12-58(16-31(71)72)23(49(91)92)14-29(68)56(7-3-52-46(87)42(83)38(79)34(75)26(65)19-61)8-4-53-47(88)43(84)39(80)35(76)27(66)20-62/h22-27,32-43,59-66,73-84H,1-21H2,(H,50,85)(H,51,86)(H,52,87)(H,53,88)(H,69,70)(H,71,72)(H,89,90)(H,91,92)(H2,93,94,95)/t22-,23-,24?,25?,26?,27?,32?,33?,34?,35?,36?,37?,38?,39?,40?,41?,42?,43?/m0/s1. The van der Waals surface area contributed by atoms with Gasteiger partial charge in [0.25, 0.3) is 23.6 Å². The normalized spacial score (nSPS) is 17.7. The fourth-order valence-corrected chi connectivity index (χ4v) is 9.34. The van der Waals surface area contributed by atoms with Crippen LogP contribution in [-0.2, 0) is 52.5 Å². The van der Waals surface area contributed by atoms with Crippen LogP contribution in [0.15, 0.2) is 0 Å². The SMILES string of the molecule is O=C(O)CN(CCN(CCN(CC(=O)O)[C@@H](CC(=O)N(CCNC(=O)C(O)C(O)C(O)C(O)CO)CCNC(=O)C(O)C(O)C(O)C(O)CO)C(=O)O)CP(=O)(O)O)[C@@H](CC(=O)N(CCNC(=O)C(O)C(O)C(O)C(O)CO)CCNC(=O)C(O)C(O)C(O)C(O)CO)C(=O)O. The van der Waals surface area contributed by atoms with E-state index in [4.69, 9.17) is 20.4 Å². The number of hydrogen-bond donors (Lipinski definition) is 30. The zero-order valence-corrected chi connectivity index (χ0v) is 51.9. The molecule has 0 aromatic rings. The van der Waals surface area contributed by atoms with Gasteiger partial charge in [-0.1, -0.05) is 0 Å². The number of aliphatic carboxylic acids is 4. The number of carbonyl (C=O) groups is 10. The third-order valence-electron chi connectivity index (χ3n) is 14.2. The molecule has 0 aromatic carbocycles.